The van der Waals surface area contributed by atoms with Crippen molar-refractivity contribution in [3.05, 3.63) is 76.9 Å². The van der Waals surface area contributed by atoms with E-state index in [0.717, 1.165) is 0 Å². The lowest BCUT2D eigenvalue weighted by molar-refractivity contribution is -0.123. The fraction of sp³-hybridized carbons (Fsp3) is 0.227. The standard InChI is InChI=1S/C22H19F2N3O3/c1-22(20(29)25-21(30)26-22)15-5-2-4-14(12-15)19(28)27-10-8-13(9-11-27)18-16(23)6-3-7-17(18)24/h2-8,12H,9-11H2,1H3,(H2,25,26,29,30). The van der Waals surface area contributed by atoms with Crippen LogP contribution in [0.3, 0.4) is 0 Å². The molecule has 2 aliphatic heterocycles. The van der Waals surface area contributed by atoms with Crippen molar-refractivity contribution in [3.8, 4) is 0 Å². The predicted molar refractivity (Wildman–Crippen MR) is 105 cm³/mol. The summed E-state index contributed by atoms with van der Waals surface area (Å²) in [6.07, 6.45) is 1.97. The third-order valence-electron chi connectivity index (χ3n) is 5.51. The Kier molecular flexibility index (Phi) is 4.85. The lowest BCUT2D eigenvalue weighted by Crippen LogP contribution is -2.41. The number of rotatable bonds is 3. The van der Waals surface area contributed by atoms with Crippen LogP contribution < -0.4 is 10.6 Å². The molecule has 0 saturated carbocycles. The average Bonchev–Trinajstić information content (AvgIpc) is 3.00. The molecule has 4 amide bonds. The van der Waals surface area contributed by atoms with Gasteiger partial charge in [0.25, 0.3) is 11.8 Å². The number of hydrogen-bond donors (Lipinski definition) is 2. The SMILES string of the molecule is CC1(c2cccc(C(=O)N3CC=C(c4c(F)cccc4F)CC3)c2)NC(=O)NC1=O. The van der Waals surface area contributed by atoms with Crippen LogP contribution in [-0.4, -0.2) is 35.8 Å². The number of benzene rings is 2. The van der Waals surface area contributed by atoms with Crippen molar-refractivity contribution in [2.24, 2.45) is 0 Å². The van der Waals surface area contributed by atoms with Crippen LogP contribution in [0.15, 0.2) is 48.5 Å². The Morgan fingerprint density at radius 1 is 1.10 bits per heavy atom. The molecule has 0 aromatic heterocycles. The van der Waals surface area contributed by atoms with E-state index in [1.54, 1.807) is 42.2 Å². The number of nitrogens with zero attached hydrogens (tertiary/aromatic N) is 1. The van der Waals surface area contributed by atoms with Crippen LogP contribution >= 0.6 is 0 Å². The van der Waals surface area contributed by atoms with Crippen LogP contribution in [0.1, 0.15) is 34.8 Å². The van der Waals surface area contributed by atoms with Crippen molar-refractivity contribution >= 4 is 23.4 Å². The molecular weight excluding hydrogens is 392 g/mol. The molecule has 4 rings (SSSR count). The molecule has 154 valence electrons. The number of urea groups is 1. The summed E-state index contributed by atoms with van der Waals surface area (Å²) in [6, 6.07) is 9.65. The molecule has 1 fully saturated rings. The molecule has 30 heavy (non-hydrogen) atoms. The first-order valence-electron chi connectivity index (χ1n) is 9.46. The van der Waals surface area contributed by atoms with Crippen LogP contribution in [-0.2, 0) is 10.3 Å². The predicted octanol–water partition coefficient (Wildman–Crippen LogP) is 2.95. The Bertz CT molecular complexity index is 1080. The molecule has 0 radical (unpaired) electrons. The molecule has 0 spiro atoms. The number of nitrogens with one attached hydrogen (secondary N) is 2. The van der Waals surface area contributed by atoms with Gasteiger partial charge in [-0.25, -0.2) is 13.6 Å². The van der Waals surface area contributed by atoms with E-state index in [-0.39, 0.29) is 18.0 Å². The number of hydrogen-bond acceptors (Lipinski definition) is 3. The zero-order valence-electron chi connectivity index (χ0n) is 16.2. The Balaban J connectivity index is 1.55. The summed E-state index contributed by atoms with van der Waals surface area (Å²) in [4.78, 5) is 38.2. The van der Waals surface area contributed by atoms with Gasteiger partial charge in [-0.2, -0.15) is 0 Å². The first-order chi connectivity index (χ1) is 14.3. The van der Waals surface area contributed by atoms with Crippen LogP contribution in [0.4, 0.5) is 13.6 Å². The highest BCUT2D eigenvalue weighted by molar-refractivity contribution is 6.07. The van der Waals surface area contributed by atoms with Crippen molar-refractivity contribution in [1.82, 2.24) is 15.5 Å². The Labute approximate surface area is 171 Å². The topological polar surface area (TPSA) is 78.5 Å². The van der Waals surface area contributed by atoms with Crippen molar-refractivity contribution in [3.63, 3.8) is 0 Å². The van der Waals surface area contributed by atoms with E-state index in [0.29, 0.717) is 29.7 Å². The molecule has 2 aromatic carbocycles. The average molecular weight is 411 g/mol. The van der Waals surface area contributed by atoms with E-state index in [1.807, 2.05) is 0 Å². The summed E-state index contributed by atoms with van der Waals surface area (Å²) >= 11 is 0. The lowest BCUT2D eigenvalue weighted by atomic mass is 9.90. The van der Waals surface area contributed by atoms with Crippen LogP contribution in [0, 0.1) is 11.6 Å². The molecule has 2 aliphatic rings. The molecule has 6 nitrogen and oxygen atoms in total. The van der Waals surface area contributed by atoms with Crippen molar-refractivity contribution in [1.29, 1.82) is 0 Å². The highest BCUT2D eigenvalue weighted by atomic mass is 19.1. The van der Waals surface area contributed by atoms with Gasteiger partial charge in [-0.3, -0.25) is 14.9 Å². The number of halogens is 2. The molecule has 8 heteroatoms. The minimum Gasteiger partial charge on any atom is -0.335 e. The monoisotopic (exact) mass is 411 g/mol. The minimum absolute atomic E-state index is 0.0532. The molecule has 2 N–H and O–H groups in total. The molecule has 1 saturated heterocycles. The third-order valence-corrected chi connectivity index (χ3v) is 5.51. The van der Waals surface area contributed by atoms with Crippen molar-refractivity contribution in [2.75, 3.05) is 13.1 Å². The number of carbonyl (C=O) groups excluding carboxylic acids is 3. The third kappa shape index (κ3) is 3.34. The fourth-order valence-electron chi connectivity index (χ4n) is 3.78. The van der Waals surface area contributed by atoms with E-state index in [1.165, 1.54) is 18.2 Å². The van der Waals surface area contributed by atoms with Gasteiger partial charge >= 0.3 is 6.03 Å². The molecule has 1 unspecified atom stereocenters. The summed E-state index contributed by atoms with van der Waals surface area (Å²) in [5.74, 6) is -2.01. The molecular formula is C22H19F2N3O3. The summed E-state index contributed by atoms with van der Waals surface area (Å²) in [5, 5.41) is 4.77. The first kappa shape index (κ1) is 19.8. The van der Waals surface area contributed by atoms with Gasteiger partial charge in [0.15, 0.2) is 0 Å². The maximum absolute atomic E-state index is 14.0. The van der Waals surface area contributed by atoms with Gasteiger partial charge in [0, 0.05) is 24.2 Å². The van der Waals surface area contributed by atoms with E-state index in [9.17, 15) is 23.2 Å². The molecule has 2 heterocycles. The highest BCUT2D eigenvalue weighted by Crippen LogP contribution is 2.29. The minimum atomic E-state index is -1.26. The van der Waals surface area contributed by atoms with E-state index < -0.39 is 29.1 Å². The summed E-state index contributed by atoms with van der Waals surface area (Å²) < 4.78 is 28.0. The second-order valence-electron chi connectivity index (χ2n) is 7.44. The molecule has 0 aliphatic carbocycles. The van der Waals surface area contributed by atoms with E-state index in [2.05, 4.69) is 10.6 Å². The van der Waals surface area contributed by atoms with E-state index >= 15 is 0 Å². The number of amides is 4. The quantitative estimate of drug-likeness (QED) is 0.763. The van der Waals surface area contributed by atoms with Gasteiger partial charge < -0.3 is 10.2 Å². The zero-order valence-corrected chi connectivity index (χ0v) is 16.2. The largest absolute Gasteiger partial charge is 0.335 e. The fourth-order valence-corrected chi connectivity index (χ4v) is 3.78. The van der Waals surface area contributed by atoms with Crippen molar-refractivity contribution < 1.29 is 23.2 Å². The smallest absolute Gasteiger partial charge is 0.322 e. The normalized spacial score (nSPS) is 21.2. The van der Waals surface area contributed by atoms with Gasteiger partial charge in [0.2, 0.25) is 0 Å². The second kappa shape index (κ2) is 7.37. The summed E-state index contributed by atoms with van der Waals surface area (Å²) in [7, 11) is 0. The van der Waals surface area contributed by atoms with Gasteiger partial charge in [0.1, 0.15) is 17.2 Å². The van der Waals surface area contributed by atoms with Crippen molar-refractivity contribution in [2.45, 2.75) is 18.9 Å². The van der Waals surface area contributed by atoms with Gasteiger partial charge in [-0.15, -0.1) is 0 Å². The Hall–Kier alpha value is -3.55. The zero-order chi connectivity index (χ0) is 21.5. The lowest BCUT2D eigenvalue weighted by Gasteiger charge is -2.28. The summed E-state index contributed by atoms with van der Waals surface area (Å²) in [6.45, 7) is 2.08. The maximum Gasteiger partial charge on any atom is 0.322 e. The summed E-state index contributed by atoms with van der Waals surface area (Å²) in [5.41, 5.74) is 0.0590. The Morgan fingerprint density at radius 2 is 1.80 bits per heavy atom. The Morgan fingerprint density at radius 3 is 2.40 bits per heavy atom. The molecule has 2 aromatic rings. The second-order valence-corrected chi connectivity index (χ2v) is 7.44. The molecule has 0 bridgehead atoms. The maximum atomic E-state index is 14.0. The van der Waals surface area contributed by atoms with Gasteiger partial charge in [0.05, 0.1) is 0 Å². The molecule has 1 atom stereocenters. The number of carbonyl (C=O) groups is 3. The van der Waals surface area contributed by atoms with Crippen LogP contribution in [0.2, 0.25) is 0 Å². The van der Waals surface area contributed by atoms with Crippen LogP contribution in [0.5, 0.6) is 0 Å². The van der Waals surface area contributed by atoms with E-state index in [4.69, 9.17) is 0 Å². The van der Waals surface area contributed by atoms with Gasteiger partial charge in [-0.05, 0) is 48.7 Å². The van der Waals surface area contributed by atoms with Crippen LogP contribution in [0.25, 0.3) is 5.57 Å². The number of imide groups is 1. The highest BCUT2D eigenvalue weighted by Gasteiger charge is 2.43. The van der Waals surface area contributed by atoms with Gasteiger partial charge in [-0.1, -0.05) is 24.3 Å². The first-order valence-corrected chi connectivity index (χ1v) is 9.46.